The van der Waals surface area contributed by atoms with Crippen molar-refractivity contribution in [2.45, 2.75) is 6.42 Å². The van der Waals surface area contributed by atoms with E-state index in [0.717, 1.165) is 11.8 Å². The summed E-state index contributed by atoms with van der Waals surface area (Å²) in [5, 5.41) is 12.0. The number of aromatic nitrogens is 2. The van der Waals surface area contributed by atoms with Crippen LogP contribution in [0.2, 0.25) is 0 Å². The predicted octanol–water partition coefficient (Wildman–Crippen LogP) is 0.448. The molecule has 0 aliphatic rings. The van der Waals surface area contributed by atoms with Crippen LogP contribution in [0.4, 0.5) is 0 Å². The molecule has 98 valence electrons. The standard InChI is InChI=1S/C13H13N3O3/c17-10-8-15-13(19)16-11(10)12(18)14-7-6-9-4-2-1-3-5-9/h1-5,8,17H,6-7H2,(H,14,18)(H,15,16,19). The van der Waals surface area contributed by atoms with Crippen molar-refractivity contribution in [2.24, 2.45) is 0 Å². The molecule has 0 aliphatic heterocycles. The molecule has 0 saturated heterocycles. The van der Waals surface area contributed by atoms with Crippen LogP contribution in [-0.4, -0.2) is 27.5 Å². The highest BCUT2D eigenvalue weighted by Gasteiger charge is 2.11. The highest BCUT2D eigenvalue weighted by atomic mass is 16.3. The van der Waals surface area contributed by atoms with Crippen LogP contribution < -0.4 is 11.0 Å². The summed E-state index contributed by atoms with van der Waals surface area (Å²) in [6.07, 6.45) is 1.62. The second-order valence-electron chi connectivity index (χ2n) is 3.94. The summed E-state index contributed by atoms with van der Waals surface area (Å²) >= 11 is 0. The van der Waals surface area contributed by atoms with Gasteiger partial charge in [-0.25, -0.2) is 4.79 Å². The van der Waals surface area contributed by atoms with E-state index >= 15 is 0 Å². The zero-order chi connectivity index (χ0) is 13.7. The number of aromatic amines is 1. The summed E-state index contributed by atoms with van der Waals surface area (Å²) in [5.74, 6) is -0.884. The van der Waals surface area contributed by atoms with E-state index in [4.69, 9.17) is 0 Å². The number of H-pyrrole nitrogens is 1. The Morgan fingerprint density at radius 2 is 2.05 bits per heavy atom. The number of nitrogens with zero attached hydrogens (tertiary/aromatic N) is 1. The topological polar surface area (TPSA) is 95.1 Å². The number of carbonyl (C=O) groups is 1. The van der Waals surface area contributed by atoms with Gasteiger partial charge in [-0.05, 0) is 12.0 Å². The molecule has 6 nitrogen and oxygen atoms in total. The van der Waals surface area contributed by atoms with E-state index in [1.807, 2.05) is 30.3 Å². The molecule has 0 saturated carbocycles. The maximum absolute atomic E-state index is 11.7. The van der Waals surface area contributed by atoms with E-state index in [-0.39, 0.29) is 11.4 Å². The van der Waals surface area contributed by atoms with Crippen LogP contribution >= 0.6 is 0 Å². The van der Waals surface area contributed by atoms with Crippen LogP contribution in [0.1, 0.15) is 16.1 Å². The molecule has 0 spiro atoms. The zero-order valence-corrected chi connectivity index (χ0v) is 10.1. The van der Waals surface area contributed by atoms with E-state index in [0.29, 0.717) is 13.0 Å². The first-order chi connectivity index (χ1) is 9.16. The summed E-state index contributed by atoms with van der Waals surface area (Å²) < 4.78 is 0. The number of nitrogens with one attached hydrogen (secondary N) is 2. The molecule has 0 aliphatic carbocycles. The molecule has 0 bridgehead atoms. The molecule has 3 N–H and O–H groups in total. The normalized spacial score (nSPS) is 10.1. The SMILES string of the molecule is O=C(NCCc1ccccc1)c1[nH]c(=O)ncc1O. The Labute approximate surface area is 109 Å². The van der Waals surface area contributed by atoms with Gasteiger partial charge in [-0.1, -0.05) is 30.3 Å². The minimum absolute atomic E-state index is 0.173. The molecule has 1 aromatic heterocycles. The van der Waals surface area contributed by atoms with Crippen LogP contribution in [0.3, 0.4) is 0 Å². The quantitative estimate of drug-likeness (QED) is 0.742. The van der Waals surface area contributed by atoms with Crippen molar-refractivity contribution in [2.75, 3.05) is 6.54 Å². The van der Waals surface area contributed by atoms with E-state index in [1.165, 1.54) is 0 Å². The third-order valence-corrected chi connectivity index (χ3v) is 2.56. The summed E-state index contributed by atoms with van der Waals surface area (Å²) in [5.41, 5.74) is 0.245. The van der Waals surface area contributed by atoms with Gasteiger partial charge in [-0.2, -0.15) is 4.98 Å². The fourth-order valence-corrected chi connectivity index (χ4v) is 1.61. The molecule has 1 aromatic carbocycles. The van der Waals surface area contributed by atoms with Crippen molar-refractivity contribution in [3.63, 3.8) is 0 Å². The molecule has 1 heterocycles. The molecule has 1 amide bonds. The van der Waals surface area contributed by atoms with Crippen molar-refractivity contribution < 1.29 is 9.90 Å². The smallest absolute Gasteiger partial charge is 0.345 e. The maximum Gasteiger partial charge on any atom is 0.345 e. The minimum atomic E-state index is -0.675. The zero-order valence-electron chi connectivity index (χ0n) is 10.1. The lowest BCUT2D eigenvalue weighted by molar-refractivity contribution is 0.0945. The fourth-order valence-electron chi connectivity index (χ4n) is 1.61. The summed E-state index contributed by atoms with van der Waals surface area (Å²) in [7, 11) is 0. The molecule has 0 fully saturated rings. The van der Waals surface area contributed by atoms with Gasteiger partial charge in [-0.15, -0.1) is 0 Å². The first-order valence-electron chi connectivity index (χ1n) is 5.77. The second kappa shape index (κ2) is 5.81. The van der Waals surface area contributed by atoms with E-state index < -0.39 is 11.6 Å². The predicted molar refractivity (Wildman–Crippen MR) is 69.0 cm³/mol. The Morgan fingerprint density at radius 3 is 2.79 bits per heavy atom. The maximum atomic E-state index is 11.7. The molecule has 2 rings (SSSR count). The fraction of sp³-hybridized carbons (Fsp3) is 0.154. The number of aromatic hydroxyl groups is 1. The Morgan fingerprint density at radius 1 is 1.32 bits per heavy atom. The van der Waals surface area contributed by atoms with Crippen LogP contribution in [0.25, 0.3) is 0 Å². The molecule has 6 heteroatoms. The van der Waals surface area contributed by atoms with Gasteiger partial charge in [0.2, 0.25) is 0 Å². The van der Waals surface area contributed by atoms with E-state index in [1.54, 1.807) is 0 Å². The summed E-state index contributed by atoms with van der Waals surface area (Å²) in [4.78, 5) is 28.2. The average Bonchev–Trinajstić information content (AvgIpc) is 2.42. The van der Waals surface area contributed by atoms with Gasteiger partial charge in [-0.3, -0.25) is 9.78 Å². The van der Waals surface area contributed by atoms with Gasteiger partial charge in [0.1, 0.15) is 0 Å². The van der Waals surface area contributed by atoms with Crippen LogP contribution in [0.15, 0.2) is 41.3 Å². The molecule has 0 atom stereocenters. The molecule has 0 unspecified atom stereocenters. The number of rotatable bonds is 4. The average molecular weight is 259 g/mol. The third kappa shape index (κ3) is 3.41. The lowest BCUT2D eigenvalue weighted by atomic mass is 10.1. The highest BCUT2D eigenvalue weighted by Crippen LogP contribution is 2.08. The Bertz CT molecular complexity index is 623. The largest absolute Gasteiger partial charge is 0.504 e. The Kier molecular flexibility index (Phi) is 3.92. The number of hydrogen-bond donors (Lipinski definition) is 3. The number of amides is 1. The van der Waals surface area contributed by atoms with Crippen molar-refractivity contribution in [1.29, 1.82) is 0 Å². The first kappa shape index (κ1) is 12.8. The third-order valence-electron chi connectivity index (χ3n) is 2.56. The van der Waals surface area contributed by atoms with Crippen LogP contribution in [0, 0.1) is 0 Å². The molecular formula is C13H13N3O3. The number of hydrogen-bond acceptors (Lipinski definition) is 4. The molecule has 0 radical (unpaired) electrons. The van der Waals surface area contributed by atoms with Gasteiger partial charge in [0.25, 0.3) is 5.91 Å². The van der Waals surface area contributed by atoms with E-state index in [2.05, 4.69) is 15.3 Å². The van der Waals surface area contributed by atoms with Crippen LogP contribution in [0.5, 0.6) is 5.75 Å². The van der Waals surface area contributed by atoms with E-state index in [9.17, 15) is 14.7 Å². The summed E-state index contributed by atoms with van der Waals surface area (Å²) in [6, 6.07) is 9.67. The molecule has 19 heavy (non-hydrogen) atoms. The highest BCUT2D eigenvalue weighted by molar-refractivity contribution is 5.94. The van der Waals surface area contributed by atoms with Crippen molar-refractivity contribution in [3.8, 4) is 5.75 Å². The number of benzene rings is 1. The van der Waals surface area contributed by atoms with Crippen molar-refractivity contribution >= 4 is 5.91 Å². The summed E-state index contributed by atoms with van der Waals surface area (Å²) in [6.45, 7) is 0.409. The van der Waals surface area contributed by atoms with Crippen molar-refractivity contribution in [3.05, 3.63) is 58.3 Å². The molecular weight excluding hydrogens is 246 g/mol. The second-order valence-corrected chi connectivity index (χ2v) is 3.94. The first-order valence-corrected chi connectivity index (χ1v) is 5.77. The van der Waals surface area contributed by atoms with Gasteiger partial charge in [0.15, 0.2) is 11.4 Å². The molecule has 2 aromatic rings. The van der Waals surface area contributed by atoms with Crippen LogP contribution in [-0.2, 0) is 6.42 Å². The van der Waals surface area contributed by atoms with Gasteiger partial charge in [0.05, 0.1) is 6.20 Å². The van der Waals surface area contributed by atoms with Crippen molar-refractivity contribution in [1.82, 2.24) is 15.3 Å². The number of carbonyl (C=O) groups excluding carboxylic acids is 1. The van der Waals surface area contributed by atoms with Gasteiger partial charge < -0.3 is 10.4 Å². The lowest BCUT2D eigenvalue weighted by Gasteiger charge is -2.06. The Hall–Kier alpha value is -2.63. The lowest BCUT2D eigenvalue weighted by Crippen LogP contribution is -2.28. The monoisotopic (exact) mass is 259 g/mol. The Balaban J connectivity index is 1.95. The minimum Gasteiger partial charge on any atom is -0.504 e. The van der Waals surface area contributed by atoms with Gasteiger partial charge in [0, 0.05) is 6.54 Å². The van der Waals surface area contributed by atoms with Gasteiger partial charge >= 0.3 is 5.69 Å².